The van der Waals surface area contributed by atoms with Crippen molar-refractivity contribution in [1.82, 2.24) is 20.1 Å². The van der Waals surface area contributed by atoms with E-state index in [-0.39, 0.29) is 5.91 Å². The third kappa shape index (κ3) is 3.33. The number of hydrogen-bond donors (Lipinski definition) is 1. The molecule has 2 aliphatic heterocycles. The molecule has 2 aromatic carbocycles. The SMILES string of the molecule is Cc1cccc(CN2C(Sc3nc4ccccc4s3)=NC3C2C(=O)NC(=O)N3C)c1. The van der Waals surface area contributed by atoms with Crippen LogP contribution >= 0.6 is 23.1 Å². The molecule has 0 spiro atoms. The van der Waals surface area contributed by atoms with Crippen LogP contribution in [-0.2, 0) is 11.3 Å². The topological polar surface area (TPSA) is 77.9 Å². The van der Waals surface area contributed by atoms with E-state index < -0.39 is 18.2 Å². The van der Waals surface area contributed by atoms with Gasteiger partial charge < -0.3 is 9.80 Å². The molecule has 1 aromatic heterocycles. The number of carbonyl (C=O) groups is 2. The Hall–Kier alpha value is -2.91. The van der Waals surface area contributed by atoms with Crippen LogP contribution in [-0.4, -0.2) is 51.1 Å². The minimum Gasteiger partial charge on any atom is -0.331 e. The van der Waals surface area contributed by atoms with Crippen LogP contribution in [0.2, 0.25) is 0 Å². The van der Waals surface area contributed by atoms with Gasteiger partial charge in [0.15, 0.2) is 21.7 Å². The van der Waals surface area contributed by atoms with E-state index in [1.54, 1.807) is 18.4 Å². The summed E-state index contributed by atoms with van der Waals surface area (Å²) in [7, 11) is 1.67. The van der Waals surface area contributed by atoms with Crippen molar-refractivity contribution in [2.75, 3.05) is 7.05 Å². The van der Waals surface area contributed by atoms with Crippen molar-refractivity contribution in [2.24, 2.45) is 4.99 Å². The van der Waals surface area contributed by atoms with Crippen LogP contribution in [0, 0.1) is 6.92 Å². The molecule has 2 atom stereocenters. The number of para-hydroxylation sites is 1. The summed E-state index contributed by atoms with van der Waals surface area (Å²) in [5.41, 5.74) is 3.18. The maximum atomic E-state index is 12.7. The monoisotopic (exact) mass is 437 g/mol. The van der Waals surface area contributed by atoms with Gasteiger partial charge >= 0.3 is 6.03 Å². The highest BCUT2D eigenvalue weighted by atomic mass is 32.2. The summed E-state index contributed by atoms with van der Waals surface area (Å²) >= 11 is 3.04. The molecule has 152 valence electrons. The van der Waals surface area contributed by atoms with E-state index in [0.29, 0.717) is 11.7 Å². The smallest absolute Gasteiger partial charge is 0.325 e. The first-order valence-electron chi connectivity index (χ1n) is 9.51. The molecule has 2 aliphatic rings. The van der Waals surface area contributed by atoms with Gasteiger partial charge in [0.05, 0.1) is 10.2 Å². The zero-order valence-electron chi connectivity index (χ0n) is 16.4. The van der Waals surface area contributed by atoms with Gasteiger partial charge in [-0.05, 0) is 36.4 Å². The number of hydrogen-bond acceptors (Lipinski definition) is 7. The summed E-state index contributed by atoms with van der Waals surface area (Å²) in [6.07, 6.45) is -0.548. The standard InChI is InChI=1S/C21H19N5O2S2/c1-12-6-5-7-13(10-12)11-26-16-17(25(2)19(28)24-18(16)27)23-20(26)30-21-22-14-8-3-4-9-15(14)29-21/h3-10,16-17H,11H2,1-2H3,(H,24,27,28). The number of benzene rings is 2. The summed E-state index contributed by atoms with van der Waals surface area (Å²) in [5.74, 6) is -0.320. The van der Waals surface area contributed by atoms with Gasteiger partial charge in [0.25, 0.3) is 5.91 Å². The molecular formula is C21H19N5O2S2. The maximum Gasteiger partial charge on any atom is 0.325 e. The van der Waals surface area contributed by atoms with Gasteiger partial charge in [0, 0.05) is 13.6 Å². The number of thiazole rings is 1. The van der Waals surface area contributed by atoms with Crippen molar-refractivity contribution in [3.8, 4) is 0 Å². The molecule has 1 saturated heterocycles. The highest BCUT2D eigenvalue weighted by Crippen LogP contribution is 2.36. The molecule has 5 rings (SSSR count). The number of rotatable bonds is 3. The third-order valence-electron chi connectivity index (χ3n) is 5.21. The Kier molecular flexibility index (Phi) is 4.71. The van der Waals surface area contributed by atoms with Crippen LogP contribution < -0.4 is 5.32 Å². The molecule has 1 fully saturated rings. The quantitative estimate of drug-likeness (QED) is 0.679. The van der Waals surface area contributed by atoms with Crippen LogP contribution in [0.1, 0.15) is 11.1 Å². The van der Waals surface area contributed by atoms with Gasteiger partial charge in [-0.3, -0.25) is 10.1 Å². The van der Waals surface area contributed by atoms with Gasteiger partial charge in [0.2, 0.25) is 0 Å². The van der Waals surface area contributed by atoms with Crippen LogP contribution in [0.5, 0.6) is 0 Å². The number of thioether (sulfide) groups is 1. The predicted octanol–water partition coefficient (Wildman–Crippen LogP) is 3.44. The molecule has 7 nitrogen and oxygen atoms in total. The van der Waals surface area contributed by atoms with Gasteiger partial charge in [-0.2, -0.15) is 0 Å². The zero-order valence-corrected chi connectivity index (χ0v) is 18.0. The predicted molar refractivity (Wildman–Crippen MR) is 119 cm³/mol. The summed E-state index contributed by atoms with van der Waals surface area (Å²) in [6.45, 7) is 2.57. The Bertz CT molecular complexity index is 1160. The molecule has 30 heavy (non-hydrogen) atoms. The highest BCUT2D eigenvalue weighted by Gasteiger charge is 2.48. The van der Waals surface area contributed by atoms with Crippen LogP contribution in [0.3, 0.4) is 0 Å². The summed E-state index contributed by atoms with van der Waals surface area (Å²) < 4.78 is 1.96. The minimum absolute atomic E-state index is 0.320. The molecule has 0 aliphatic carbocycles. The molecule has 9 heteroatoms. The summed E-state index contributed by atoms with van der Waals surface area (Å²) in [4.78, 5) is 37.8. The molecule has 0 radical (unpaired) electrons. The lowest BCUT2D eigenvalue weighted by Crippen LogP contribution is -2.63. The number of fused-ring (bicyclic) bond motifs is 2. The van der Waals surface area contributed by atoms with Gasteiger partial charge in [-0.15, -0.1) is 11.3 Å². The Morgan fingerprint density at radius 3 is 2.80 bits per heavy atom. The number of carbonyl (C=O) groups excluding carboxylic acids is 2. The lowest BCUT2D eigenvalue weighted by Gasteiger charge is -2.36. The maximum absolute atomic E-state index is 12.7. The first-order chi connectivity index (χ1) is 14.5. The van der Waals surface area contributed by atoms with Crippen molar-refractivity contribution in [3.05, 3.63) is 59.7 Å². The van der Waals surface area contributed by atoms with Crippen molar-refractivity contribution in [3.63, 3.8) is 0 Å². The van der Waals surface area contributed by atoms with Gasteiger partial charge in [0.1, 0.15) is 0 Å². The Balaban J connectivity index is 1.51. The average molecular weight is 438 g/mol. The molecule has 3 aromatic rings. The van der Waals surface area contributed by atoms with E-state index in [2.05, 4.69) is 11.4 Å². The van der Waals surface area contributed by atoms with Crippen molar-refractivity contribution >= 4 is 50.4 Å². The Morgan fingerprint density at radius 2 is 2.00 bits per heavy atom. The molecule has 0 bridgehead atoms. The van der Waals surface area contributed by atoms with Crippen LogP contribution in [0.15, 0.2) is 57.9 Å². The summed E-state index contributed by atoms with van der Waals surface area (Å²) in [5, 5.41) is 3.14. The van der Waals surface area contributed by atoms with E-state index in [4.69, 9.17) is 9.98 Å². The second-order valence-electron chi connectivity index (χ2n) is 7.34. The lowest BCUT2D eigenvalue weighted by atomic mass is 10.1. The number of likely N-dealkylation sites (N-methyl/N-ethyl adjacent to an activating group) is 1. The fourth-order valence-electron chi connectivity index (χ4n) is 3.73. The largest absolute Gasteiger partial charge is 0.331 e. The second-order valence-corrected chi connectivity index (χ2v) is 9.59. The number of aryl methyl sites for hydroxylation is 1. The fourth-order valence-corrected chi connectivity index (χ4v) is 5.84. The second kappa shape index (κ2) is 7.41. The number of aromatic nitrogens is 1. The fraction of sp³-hybridized carbons (Fsp3) is 0.238. The number of imide groups is 1. The highest BCUT2D eigenvalue weighted by molar-refractivity contribution is 8.15. The van der Waals surface area contributed by atoms with E-state index in [1.165, 1.54) is 16.7 Å². The van der Waals surface area contributed by atoms with E-state index in [1.807, 2.05) is 54.3 Å². The molecule has 1 N–H and O–H groups in total. The number of nitrogens with one attached hydrogen (secondary N) is 1. The molecule has 2 unspecified atom stereocenters. The normalized spacial score (nSPS) is 21.1. The van der Waals surface area contributed by atoms with Crippen LogP contribution in [0.4, 0.5) is 4.79 Å². The number of amides is 3. The van der Waals surface area contributed by atoms with Crippen molar-refractivity contribution in [2.45, 2.75) is 30.0 Å². The third-order valence-corrected chi connectivity index (χ3v) is 7.33. The van der Waals surface area contributed by atoms with Crippen LogP contribution in [0.25, 0.3) is 10.2 Å². The minimum atomic E-state index is -0.565. The molecule has 0 saturated carbocycles. The average Bonchev–Trinajstić information content (AvgIpc) is 3.28. The number of amidine groups is 1. The number of nitrogens with zero attached hydrogens (tertiary/aromatic N) is 4. The zero-order chi connectivity index (χ0) is 20.8. The summed E-state index contributed by atoms with van der Waals surface area (Å²) in [6, 6.07) is 15.2. The molecule has 3 heterocycles. The number of urea groups is 1. The van der Waals surface area contributed by atoms with E-state index >= 15 is 0 Å². The Morgan fingerprint density at radius 1 is 1.17 bits per heavy atom. The van der Waals surface area contributed by atoms with Crippen molar-refractivity contribution < 1.29 is 9.59 Å². The number of aliphatic imine (C=N–C) groups is 1. The van der Waals surface area contributed by atoms with Gasteiger partial charge in [-0.1, -0.05) is 42.0 Å². The Labute approximate surface area is 181 Å². The van der Waals surface area contributed by atoms with Gasteiger partial charge in [-0.25, -0.2) is 14.8 Å². The van der Waals surface area contributed by atoms with Crippen molar-refractivity contribution in [1.29, 1.82) is 0 Å². The lowest BCUT2D eigenvalue weighted by molar-refractivity contribution is -0.127. The molecule has 3 amide bonds. The first-order valence-corrected chi connectivity index (χ1v) is 11.1. The first kappa shape index (κ1) is 19.1. The molecular weight excluding hydrogens is 418 g/mol. The van der Waals surface area contributed by atoms with E-state index in [9.17, 15) is 9.59 Å². The van der Waals surface area contributed by atoms with E-state index in [0.717, 1.165) is 25.7 Å².